The molecule has 0 spiro atoms. The summed E-state index contributed by atoms with van der Waals surface area (Å²) in [5.74, 6) is 1.37. The van der Waals surface area contributed by atoms with Gasteiger partial charge in [-0.2, -0.15) is 0 Å². The number of benzene rings is 1. The maximum atomic E-state index is 5.57. The Bertz CT molecular complexity index is 487. The van der Waals surface area contributed by atoms with E-state index in [2.05, 4.69) is 15.5 Å². The maximum Gasteiger partial charge on any atom is 0.320 e. The monoisotopic (exact) mass is 253 g/mol. The number of nitrogens with zero attached hydrogens (tertiary/aromatic N) is 2. The number of ether oxygens (including phenoxy) is 1. The Kier molecular flexibility index (Phi) is 3.82. The van der Waals surface area contributed by atoms with Gasteiger partial charge in [-0.25, -0.2) is 0 Å². The van der Waals surface area contributed by atoms with Gasteiger partial charge in [-0.15, -0.1) is 16.7 Å². The Hall–Kier alpha value is -1.75. The summed E-state index contributed by atoms with van der Waals surface area (Å²) in [5, 5.41) is 10.5. The number of aromatic nitrogens is 2. The number of anilines is 2. The largest absolute Gasteiger partial charge is 0.494 e. The smallest absolute Gasteiger partial charge is 0.320 e. The maximum absolute atomic E-state index is 5.57. The van der Waals surface area contributed by atoms with Crippen LogP contribution >= 0.6 is 11.6 Å². The van der Waals surface area contributed by atoms with E-state index in [1.807, 2.05) is 31.2 Å². The number of hydrogen-bond acceptors (Lipinski definition) is 5. The van der Waals surface area contributed by atoms with Crippen molar-refractivity contribution in [1.82, 2.24) is 10.2 Å². The highest BCUT2D eigenvalue weighted by molar-refractivity contribution is 6.16. The molecular formula is C11H12ClN3O2. The third kappa shape index (κ3) is 3.10. The third-order valence-electron chi connectivity index (χ3n) is 1.98. The summed E-state index contributed by atoms with van der Waals surface area (Å²) < 4.78 is 10.6. The number of nitrogens with one attached hydrogen (secondary N) is 1. The molecule has 0 radical (unpaired) electrons. The van der Waals surface area contributed by atoms with Crippen molar-refractivity contribution < 1.29 is 9.15 Å². The predicted octanol–water partition coefficient (Wildman–Crippen LogP) is 2.95. The highest BCUT2D eigenvalue weighted by atomic mass is 35.5. The van der Waals surface area contributed by atoms with E-state index in [1.165, 1.54) is 0 Å². The molecule has 0 saturated heterocycles. The molecule has 0 unspecified atom stereocenters. The lowest BCUT2D eigenvalue weighted by atomic mass is 10.3. The lowest BCUT2D eigenvalue weighted by Crippen LogP contribution is -1.94. The first-order chi connectivity index (χ1) is 8.31. The van der Waals surface area contributed by atoms with Gasteiger partial charge in [0.25, 0.3) is 0 Å². The van der Waals surface area contributed by atoms with Gasteiger partial charge in [0.15, 0.2) is 0 Å². The molecule has 2 rings (SSSR count). The average Bonchev–Trinajstić information content (AvgIpc) is 2.78. The van der Waals surface area contributed by atoms with Crippen molar-refractivity contribution in [3.63, 3.8) is 0 Å². The summed E-state index contributed by atoms with van der Waals surface area (Å²) in [6.45, 7) is 2.56. The van der Waals surface area contributed by atoms with Crippen LogP contribution in [0.3, 0.4) is 0 Å². The zero-order chi connectivity index (χ0) is 12.1. The number of rotatable bonds is 5. The van der Waals surface area contributed by atoms with Gasteiger partial charge >= 0.3 is 6.01 Å². The summed E-state index contributed by atoms with van der Waals surface area (Å²) in [4.78, 5) is 0. The standard InChI is InChI=1S/C11H12ClN3O2/c1-2-16-9-5-3-4-8(6-9)13-11-15-14-10(7-12)17-11/h3-6H,2,7H2,1H3,(H,13,15). The van der Waals surface area contributed by atoms with Gasteiger partial charge in [0.05, 0.1) is 6.61 Å². The highest BCUT2D eigenvalue weighted by Gasteiger charge is 2.05. The molecule has 0 aliphatic heterocycles. The summed E-state index contributed by atoms with van der Waals surface area (Å²) in [7, 11) is 0. The molecule has 5 nitrogen and oxygen atoms in total. The van der Waals surface area contributed by atoms with Crippen LogP contribution in [0.4, 0.5) is 11.7 Å². The normalized spacial score (nSPS) is 10.2. The van der Waals surface area contributed by atoms with Crippen molar-refractivity contribution in [3.8, 4) is 5.75 Å². The van der Waals surface area contributed by atoms with Crippen LogP contribution in [0.25, 0.3) is 0 Å². The molecular weight excluding hydrogens is 242 g/mol. The van der Waals surface area contributed by atoms with Gasteiger partial charge < -0.3 is 14.5 Å². The Morgan fingerprint density at radius 2 is 2.29 bits per heavy atom. The number of halogens is 1. The summed E-state index contributed by atoms with van der Waals surface area (Å²) in [6, 6.07) is 7.81. The first-order valence-corrected chi connectivity index (χ1v) is 5.73. The van der Waals surface area contributed by atoms with Gasteiger partial charge in [-0.1, -0.05) is 11.2 Å². The van der Waals surface area contributed by atoms with Crippen molar-refractivity contribution in [2.24, 2.45) is 0 Å². The number of hydrogen-bond donors (Lipinski definition) is 1. The first-order valence-electron chi connectivity index (χ1n) is 5.20. The third-order valence-corrected chi connectivity index (χ3v) is 2.21. The van der Waals surface area contributed by atoms with E-state index in [0.717, 1.165) is 11.4 Å². The Morgan fingerprint density at radius 1 is 1.41 bits per heavy atom. The fourth-order valence-electron chi connectivity index (χ4n) is 1.31. The summed E-state index contributed by atoms with van der Waals surface area (Å²) in [5.41, 5.74) is 0.820. The topological polar surface area (TPSA) is 60.2 Å². The second kappa shape index (κ2) is 5.54. The van der Waals surface area contributed by atoms with Gasteiger partial charge in [-0.05, 0) is 19.1 Å². The van der Waals surface area contributed by atoms with E-state index >= 15 is 0 Å². The SMILES string of the molecule is CCOc1cccc(Nc2nnc(CCl)o2)c1. The molecule has 0 fully saturated rings. The predicted molar refractivity (Wildman–Crippen MR) is 64.7 cm³/mol. The molecule has 0 amide bonds. The van der Waals surface area contributed by atoms with Crippen LogP contribution < -0.4 is 10.1 Å². The van der Waals surface area contributed by atoms with Gasteiger partial charge in [-0.3, -0.25) is 0 Å². The van der Waals surface area contributed by atoms with Crippen LogP contribution in [0.2, 0.25) is 0 Å². The van der Waals surface area contributed by atoms with Gasteiger partial charge in [0.2, 0.25) is 5.89 Å². The Labute approximate surface area is 104 Å². The molecule has 6 heteroatoms. The molecule has 17 heavy (non-hydrogen) atoms. The quantitative estimate of drug-likeness (QED) is 0.830. The molecule has 0 aliphatic rings. The van der Waals surface area contributed by atoms with E-state index in [1.54, 1.807) is 0 Å². The van der Waals surface area contributed by atoms with Gasteiger partial charge in [0.1, 0.15) is 11.6 Å². The fourth-order valence-corrected chi connectivity index (χ4v) is 1.42. The van der Waals surface area contributed by atoms with Crippen LogP contribution in [0.15, 0.2) is 28.7 Å². The van der Waals surface area contributed by atoms with E-state index in [-0.39, 0.29) is 5.88 Å². The molecule has 1 heterocycles. The van der Waals surface area contributed by atoms with Crippen molar-refractivity contribution in [3.05, 3.63) is 30.2 Å². The van der Waals surface area contributed by atoms with Gasteiger partial charge in [0, 0.05) is 11.8 Å². The van der Waals surface area contributed by atoms with E-state index in [4.69, 9.17) is 20.8 Å². The van der Waals surface area contributed by atoms with Crippen molar-refractivity contribution in [2.45, 2.75) is 12.8 Å². The minimum absolute atomic E-state index is 0.202. The van der Waals surface area contributed by atoms with Crippen molar-refractivity contribution in [1.29, 1.82) is 0 Å². The molecule has 0 saturated carbocycles. The van der Waals surface area contributed by atoms with E-state index in [0.29, 0.717) is 18.5 Å². The van der Waals surface area contributed by atoms with Crippen LogP contribution in [0.1, 0.15) is 12.8 Å². The van der Waals surface area contributed by atoms with Crippen LogP contribution in [0, 0.1) is 0 Å². The van der Waals surface area contributed by atoms with Crippen molar-refractivity contribution >= 4 is 23.3 Å². The van der Waals surface area contributed by atoms with E-state index in [9.17, 15) is 0 Å². The van der Waals surface area contributed by atoms with Crippen LogP contribution in [0.5, 0.6) is 5.75 Å². The molecule has 2 aromatic rings. The molecule has 1 aromatic heterocycles. The van der Waals surface area contributed by atoms with Crippen LogP contribution in [-0.2, 0) is 5.88 Å². The molecule has 1 aromatic carbocycles. The molecule has 1 N–H and O–H groups in total. The van der Waals surface area contributed by atoms with Crippen LogP contribution in [-0.4, -0.2) is 16.8 Å². The van der Waals surface area contributed by atoms with Crippen molar-refractivity contribution in [2.75, 3.05) is 11.9 Å². The second-order valence-corrected chi connectivity index (χ2v) is 3.49. The molecule has 90 valence electrons. The Morgan fingerprint density at radius 3 is 3.00 bits per heavy atom. The fraction of sp³-hybridized carbons (Fsp3) is 0.273. The minimum Gasteiger partial charge on any atom is -0.494 e. The highest BCUT2D eigenvalue weighted by Crippen LogP contribution is 2.21. The zero-order valence-corrected chi connectivity index (χ0v) is 10.1. The first kappa shape index (κ1) is 11.7. The molecule has 0 bridgehead atoms. The number of alkyl halides is 1. The summed E-state index contributed by atoms with van der Waals surface area (Å²) in [6.07, 6.45) is 0. The Balaban J connectivity index is 2.09. The van der Waals surface area contributed by atoms with E-state index < -0.39 is 0 Å². The average molecular weight is 254 g/mol. The lowest BCUT2D eigenvalue weighted by Gasteiger charge is -2.05. The minimum atomic E-state index is 0.202. The summed E-state index contributed by atoms with van der Waals surface area (Å²) >= 11 is 5.57. The second-order valence-electron chi connectivity index (χ2n) is 3.22. The molecule has 0 aliphatic carbocycles. The lowest BCUT2D eigenvalue weighted by molar-refractivity contribution is 0.340. The zero-order valence-electron chi connectivity index (χ0n) is 9.31. The molecule has 0 atom stereocenters.